The minimum Gasteiger partial charge on any atom is -0.372 e. The largest absolute Gasteiger partial charge is 0.372 e. The van der Waals surface area contributed by atoms with Crippen LogP contribution in [0.15, 0.2) is 35.7 Å². The van der Waals surface area contributed by atoms with Gasteiger partial charge in [-0.1, -0.05) is 6.08 Å². The van der Waals surface area contributed by atoms with Crippen LogP contribution in [0, 0.1) is 10.1 Å². The van der Waals surface area contributed by atoms with Crippen molar-refractivity contribution in [3.63, 3.8) is 0 Å². The van der Waals surface area contributed by atoms with Gasteiger partial charge in [0.15, 0.2) is 0 Å². The predicted octanol–water partition coefficient (Wildman–Crippen LogP) is 1.02. The number of hydrogen-bond donors (Lipinski definition) is 1. The van der Waals surface area contributed by atoms with Crippen molar-refractivity contribution in [1.82, 2.24) is 0 Å². The average Bonchev–Trinajstić information content (AvgIpc) is 2.92. The van der Waals surface area contributed by atoms with E-state index in [4.69, 9.17) is 9.88 Å². The minimum atomic E-state index is -3.98. The van der Waals surface area contributed by atoms with Crippen LogP contribution in [0.4, 0.5) is 11.4 Å². The van der Waals surface area contributed by atoms with Crippen molar-refractivity contribution in [2.45, 2.75) is 17.4 Å². The van der Waals surface area contributed by atoms with Gasteiger partial charge in [-0.2, -0.15) is 0 Å². The van der Waals surface area contributed by atoms with Gasteiger partial charge in [0.25, 0.3) is 5.69 Å². The molecule has 1 aliphatic heterocycles. The number of nitrogens with zero attached hydrogens (tertiary/aromatic N) is 2. The first kappa shape index (κ1) is 16.4. The number of sulfonamides is 1. The summed E-state index contributed by atoms with van der Waals surface area (Å²) >= 11 is 0. The number of rotatable bonds is 6. The van der Waals surface area contributed by atoms with E-state index in [1.54, 1.807) is 11.0 Å². The summed E-state index contributed by atoms with van der Waals surface area (Å²) < 4.78 is 28.2. The van der Waals surface area contributed by atoms with E-state index in [9.17, 15) is 18.5 Å². The Morgan fingerprint density at radius 2 is 2.27 bits per heavy atom. The molecule has 1 atom stereocenters. The zero-order chi connectivity index (χ0) is 16.3. The fourth-order valence-electron chi connectivity index (χ4n) is 2.38. The maximum Gasteiger partial charge on any atom is 0.293 e. The highest BCUT2D eigenvalue weighted by atomic mass is 32.2. The van der Waals surface area contributed by atoms with Crippen LogP contribution in [0.3, 0.4) is 0 Å². The Hall–Kier alpha value is -1.97. The van der Waals surface area contributed by atoms with E-state index in [0.717, 1.165) is 12.5 Å². The van der Waals surface area contributed by atoms with Gasteiger partial charge in [-0.25, -0.2) is 13.6 Å². The molecule has 0 spiro atoms. The highest BCUT2D eigenvalue weighted by Gasteiger charge is 2.29. The fourth-order valence-corrected chi connectivity index (χ4v) is 2.91. The van der Waals surface area contributed by atoms with E-state index >= 15 is 0 Å². The summed E-state index contributed by atoms with van der Waals surface area (Å²) in [6.45, 7) is 5.09. The van der Waals surface area contributed by atoms with Gasteiger partial charge in [-0.15, -0.1) is 6.58 Å². The minimum absolute atomic E-state index is 0.0319. The monoisotopic (exact) mass is 327 g/mol. The Balaban J connectivity index is 2.28. The number of nitro benzene ring substituents is 1. The van der Waals surface area contributed by atoms with E-state index in [-0.39, 0.29) is 16.7 Å². The van der Waals surface area contributed by atoms with Crippen LogP contribution in [-0.4, -0.2) is 39.1 Å². The number of hydrogen-bond acceptors (Lipinski definition) is 6. The van der Waals surface area contributed by atoms with Crippen LogP contribution in [0.25, 0.3) is 0 Å². The van der Waals surface area contributed by atoms with Crippen LogP contribution in [0.2, 0.25) is 0 Å². The van der Waals surface area contributed by atoms with Crippen LogP contribution in [-0.2, 0) is 14.8 Å². The number of primary sulfonamides is 1. The molecule has 8 nitrogen and oxygen atoms in total. The maximum absolute atomic E-state index is 11.3. The number of nitro groups is 1. The molecule has 0 saturated carbocycles. The summed E-state index contributed by atoms with van der Waals surface area (Å²) in [4.78, 5) is 12.1. The summed E-state index contributed by atoms with van der Waals surface area (Å²) in [6, 6.07) is 3.67. The molecule has 0 aromatic heterocycles. The van der Waals surface area contributed by atoms with Crippen molar-refractivity contribution in [3.8, 4) is 0 Å². The molecule has 1 fully saturated rings. The molecule has 2 rings (SSSR count). The molecule has 1 aromatic carbocycles. The van der Waals surface area contributed by atoms with Crippen molar-refractivity contribution in [1.29, 1.82) is 0 Å². The molecular weight excluding hydrogens is 310 g/mol. The number of nitrogens with two attached hydrogens (primary N) is 1. The smallest absolute Gasteiger partial charge is 0.293 e. The summed E-state index contributed by atoms with van der Waals surface area (Å²) in [5.41, 5.74) is 0.0815. The third kappa shape index (κ3) is 3.62. The third-order valence-corrected chi connectivity index (χ3v) is 4.32. The van der Waals surface area contributed by atoms with Crippen LogP contribution >= 0.6 is 0 Å². The molecule has 2 N–H and O–H groups in total. The molecule has 120 valence electrons. The normalized spacial score (nSPS) is 18.4. The summed E-state index contributed by atoms with van der Waals surface area (Å²) in [6.07, 6.45) is 2.35. The SMILES string of the molecule is C=CCOC1CCN(c2ccc(S(N)(=O)=O)cc2[N+](=O)[O-])C1. The van der Waals surface area contributed by atoms with Gasteiger partial charge in [0, 0.05) is 19.2 Å². The summed E-state index contributed by atoms with van der Waals surface area (Å²) in [5, 5.41) is 16.2. The van der Waals surface area contributed by atoms with Crippen molar-refractivity contribution in [2.75, 3.05) is 24.6 Å². The molecule has 0 amide bonds. The number of ether oxygens (including phenoxy) is 1. The Labute approximate surface area is 128 Å². The molecule has 0 radical (unpaired) electrons. The second-order valence-electron chi connectivity index (χ2n) is 4.93. The molecule has 22 heavy (non-hydrogen) atoms. The molecule has 0 aliphatic carbocycles. The molecule has 1 saturated heterocycles. The first-order valence-corrected chi connectivity index (χ1v) is 8.16. The van der Waals surface area contributed by atoms with Gasteiger partial charge in [0.05, 0.1) is 22.5 Å². The number of benzene rings is 1. The lowest BCUT2D eigenvalue weighted by molar-refractivity contribution is -0.384. The van der Waals surface area contributed by atoms with E-state index in [2.05, 4.69) is 6.58 Å². The molecule has 1 aliphatic rings. The van der Waals surface area contributed by atoms with Gasteiger partial charge in [0.1, 0.15) is 5.69 Å². The number of anilines is 1. The van der Waals surface area contributed by atoms with Gasteiger partial charge in [0.2, 0.25) is 10.0 Å². The van der Waals surface area contributed by atoms with Crippen LogP contribution < -0.4 is 10.0 Å². The quantitative estimate of drug-likeness (QED) is 0.474. The first-order valence-electron chi connectivity index (χ1n) is 6.61. The second kappa shape index (κ2) is 6.42. The van der Waals surface area contributed by atoms with Crippen molar-refractivity contribution in [2.24, 2.45) is 5.14 Å². The lowest BCUT2D eigenvalue weighted by Gasteiger charge is -2.18. The lowest BCUT2D eigenvalue weighted by Crippen LogP contribution is -2.24. The van der Waals surface area contributed by atoms with Crippen molar-refractivity contribution >= 4 is 21.4 Å². The molecular formula is C13H17N3O5S. The van der Waals surface area contributed by atoms with Crippen molar-refractivity contribution < 1.29 is 18.1 Å². The van der Waals surface area contributed by atoms with E-state index in [0.29, 0.717) is 25.4 Å². The Morgan fingerprint density at radius 3 is 2.86 bits per heavy atom. The van der Waals surface area contributed by atoms with Gasteiger partial charge >= 0.3 is 0 Å². The summed E-state index contributed by atoms with van der Waals surface area (Å²) in [7, 11) is -3.98. The lowest BCUT2D eigenvalue weighted by atomic mass is 10.2. The molecule has 1 unspecified atom stereocenters. The fraction of sp³-hybridized carbons (Fsp3) is 0.385. The Morgan fingerprint density at radius 1 is 1.55 bits per heavy atom. The molecule has 0 bridgehead atoms. The van der Waals surface area contributed by atoms with Crippen molar-refractivity contribution in [3.05, 3.63) is 41.0 Å². The average molecular weight is 327 g/mol. The molecule has 1 aromatic rings. The molecule has 9 heteroatoms. The highest BCUT2D eigenvalue weighted by molar-refractivity contribution is 7.89. The first-order chi connectivity index (χ1) is 10.3. The standard InChI is InChI=1S/C13H17N3O5S/c1-2-7-21-10-5-6-15(9-10)12-4-3-11(22(14,19)20)8-13(12)16(17)18/h2-4,8,10H,1,5-7,9H2,(H2,14,19,20). The zero-order valence-corrected chi connectivity index (χ0v) is 12.7. The summed E-state index contributed by atoms with van der Waals surface area (Å²) in [5.74, 6) is 0. The van der Waals surface area contributed by atoms with E-state index in [1.807, 2.05) is 0 Å². The van der Waals surface area contributed by atoms with E-state index < -0.39 is 14.9 Å². The van der Waals surface area contributed by atoms with Gasteiger partial charge < -0.3 is 9.64 Å². The topological polar surface area (TPSA) is 116 Å². The maximum atomic E-state index is 11.3. The van der Waals surface area contributed by atoms with Crippen LogP contribution in [0.5, 0.6) is 0 Å². The predicted molar refractivity (Wildman–Crippen MR) is 81.2 cm³/mol. The second-order valence-corrected chi connectivity index (χ2v) is 6.49. The Kier molecular flexibility index (Phi) is 4.79. The highest BCUT2D eigenvalue weighted by Crippen LogP contribution is 2.33. The zero-order valence-electron chi connectivity index (χ0n) is 11.8. The van der Waals surface area contributed by atoms with Gasteiger partial charge in [-0.05, 0) is 18.6 Å². The van der Waals surface area contributed by atoms with E-state index in [1.165, 1.54) is 12.1 Å². The molecule has 1 heterocycles. The Bertz CT molecular complexity index is 689. The third-order valence-electron chi connectivity index (χ3n) is 3.41. The van der Waals surface area contributed by atoms with Gasteiger partial charge in [-0.3, -0.25) is 10.1 Å². The van der Waals surface area contributed by atoms with Crippen LogP contribution in [0.1, 0.15) is 6.42 Å².